The van der Waals surface area contributed by atoms with Gasteiger partial charge in [-0.25, -0.2) is 9.18 Å². The van der Waals surface area contributed by atoms with Gasteiger partial charge < -0.3 is 24.5 Å². The zero-order valence-electron chi connectivity index (χ0n) is 28.1. The van der Waals surface area contributed by atoms with Gasteiger partial charge in [0.15, 0.2) is 23.9 Å². The van der Waals surface area contributed by atoms with Crippen molar-refractivity contribution in [2.24, 2.45) is 5.92 Å². The molecule has 3 fully saturated rings. The summed E-state index contributed by atoms with van der Waals surface area (Å²) in [4.78, 5) is 30.6. The van der Waals surface area contributed by atoms with E-state index >= 15 is 4.39 Å². The van der Waals surface area contributed by atoms with Gasteiger partial charge in [0, 0.05) is 18.0 Å². The average molecular weight is 739 g/mol. The van der Waals surface area contributed by atoms with Gasteiger partial charge in [-0.1, -0.05) is 65.7 Å². The Morgan fingerprint density at radius 3 is 2.31 bits per heavy atom. The molecule has 10 nitrogen and oxygen atoms in total. The number of pyridine rings is 1. The maximum atomic E-state index is 15.3. The van der Waals surface area contributed by atoms with E-state index in [-0.39, 0.29) is 40.7 Å². The molecule has 0 saturated carbocycles. The molecule has 0 aliphatic carbocycles. The molecule has 7 rings (SSSR count). The molecule has 3 saturated heterocycles. The van der Waals surface area contributed by atoms with Gasteiger partial charge in [-0.2, -0.15) is 4.73 Å². The van der Waals surface area contributed by atoms with Crippen LogP contribution in [0.3, 0.4) is 0 Å². The van der Waals surface area contributed by atoms with E-state index < -0.39 is 29.7 Å². The number of benzene rings is 3. The van der Waals surface area contributed by atoms with Gasteiger partial charge in [0.1, 0.15) is 22.0 Å². The molecule has 1 unspecified atom stereocenters. The minimum Gasteiger partial charge on any atom is -0.619 e. The maximum absolute atomic E-state index is 15.3. The second-order valence-electron chi connectivity index (χ2n) is 12.9. The lowest BCUT2D eigenvalue weighted by Crippen LogP contribution is -2.53. The molecule has 3 aromatic carbocycles. The van der Waals surface area contributed by atoms with E-state index in [1.54, 1.807) is 54.6 Å². The van der Waals surface area contributed by atoms with E-state index in [2.05, 4.69) is 4.90 Å². The van der Waals surface area contributed by atoms with Crippen molar-refractivity contribution in [3.05, 3.63) is 122 Å². The normalized spacial score (nSPS) is 19.2. The van der Waals surface area contributed by atoms with Crippen LogP contribution in [0.2, 0.25) is 10.0 Å². The van der Waals surface area contributed by atoms with Gasteiger partial charge in [0.05, 0.1) is 32.4 Å². The number of aromatic nitrogens is 1. The van der Waals surface area contributed by atoms with Crippen LogP contribution in [0.1, 0.15) is 46.9 Å². The predicted octanol–water partition coefficient (Wildman–Crippen LogP) is 7.22. The summed E-state index contributed by atoms with van der Waals surface area (Å²) in [6.45, 7) is 2.50. The quantitative estimate of drug-likeness (QED) is 0.120. The summed E-state index contributed by atoms with van der Waals surface area (Å²) in [5.41, 5.74) is 2.01. The third-order valence-electron chi connectivity index (χ3n) is 9.85. The minimum atomic E-state index is -1.17. The lowest BCUT2D eigenvalue weighted by molar-refractivity contribution is -0.605. The van der Waals surface area contributed by atoms with Crippen molar-refractivity contribution in [1.82, 2.24) is 4.90 Å². The molecule has 51 heavy (non-hydrogen) atoms. The summed E-state index contributed by atoms with van der Waals surface area (Å²) < 4.78 is 32.7. The third kappa shape index (κ3) is 8.01. The summed E-state index contributed by atoms with van der Waals surface area (Å²) >= 11 is 13.0. The molecule has 13 heteroatoms. The smallest absolute Gasteiger partial charge is 0.415 e. The van der Waals surface area contributed by atoms with Crippen LogP contribution in [-0.2, 0) is 22.5 Å². The first kappa shape index (κ1) is 36.2. The first-order chi connectivity index (χ1) is 24.6. The molecular formula is C38H38Cl2FN3O7. The topological polar surface area (TPSA) is 115 Å². The van der Waals surface area contributed by atoms with Gasteiger partial charge in [0.25, 0.3) is 0 Å². The minimum absolute atomic E-state index is 0.0441. The Bertz CT molecular complexity index is 1880. The number of amides is 1. The number of rotatable bonds is 12. The van der Waals surface area contributed by atoms with Gasteiger partial charge in [-0.05, 0) is 79.2 Å². The fourth-order valence-electron chi connectivity index (χ4n) is 7.23. The molecule has 1 aromatic heterocycles. The predicted molar refractivity (Wildman–Crippen MR) is 190 cm³/mol. The molecule has 3 aliphatic heterocycles. The molecule has 4 aromatic rings. The Morgan fingerprint density at radius 1 is 0.980 bits per heavy atom. The standard InChI is InChI=1S/C38H38Cl2FN3O7/c1-49-33-11-10-25(17-34(33)50-2)27(18-28-29(39)20-43(48)21-30(28)40)36(37(45)46)26-7-5-6-23(16-26)19-44(32-9-4-3-8-31(32)41)38(47)51-35-22-42-14-12-24(35)13-15-42/h3-11,16-17,20-21,24,27,35-36H,12-15,18-19,22H2,1-2H3,(H,45,46)/t27-,35+,36?/m1/s1. The van der Waals surface area contributed by atoms with Crippen LogP contribution in [0.15, 0.2) is 79.1 Å². The molecule has 0 spiro atoms. The average Bonchev–Trinajstić information content (AvgIpc) is 3.12. The number of carbonyl (C=O) groups is 2. The number of piperidine rings is 3. The van der Waals surface area contributed by atoms with Crippen LogP contribution in [0, 0.1) is 16.9 Å². The first-order valence-corrected chi connectivity index (χ1v) is 17.4. The number of hydrogen-bond donors (Lipinski definition) is 1. The van der Waals surface area contributed by atoms with E-state index in [1.807, 2.05) is 0 Å². The van der Waals surface area contributed by atoms with Gasteiger partial charge in [-0.15, -0.1) is 0 Å². The molecule has 4 heterocycles. The van der Waals surface area contributed by atoms with Gasteiger partial charge >= 0.3 is 12.1 Å². The van der Waals surface area contributed by atoms with Crippen LogP contribution in [0.4, 0.5) is 14.9 Å². The SMILES string of the molecule is COc1ccc([C@@H](Cc2c(Cl)c[n+]([O-])cc2Cl)C(C(=O)O)c2cccc(CN(C(=O)O[C@H]3CN4CCC3CC4)c3ccccc3F)c2)cc1OC. The molecule has 268 valence electrons. The summed E-state index contributed by atoms with van der Waals surface area (Å²) in [7, 11) is 2.98. The van der Waals surface area contributed by atoms with E-state index in [9.17, 15) is 19.9 Å². The molecule has 2 bridgehead atoms. The van der Waals surface area contributed by atoms with Gasteiger partial charge in [0.2, 0.25) is 0 Å². The van der Waals surface area contributed by atoms with Crippen LogP contribution in [-0.4, -0.2) is 62.0 Å². The fraction of sp³-hybridized carbons (Fsp3) is 0.342. The summed E-state index contributed by atoms with van der Waals surface area (Å²) in [6.07, 6.45) is 3.27. The second-order valence-corrected chi connectivity index (χ2v) is 13.7. The summed E-state index contributed by atoms with van der Waals surface area (Å²) in [5, 5.41) is 23.1. The molecule has 1 N–H and O–H groups in total. The lowest BCUT2D eigenvalue weighted by Gasteiger charge is -2.44. The van der Waals surface area contributed by atoms with Crippen LogP contribution >= 0.6 is 23.2 Å². The number of fused-ring (bicyclic) bond motifs is 3. The Hall–Kier alpha value is -4.58. The Morgan fingerprint density at radius 2 is 1.69 bits per heavy atom. The second kappa shape index (κ2) is 15.8. The first-order valence-electron chi connectivity index (χ1n) is 16.6. The zero-order chi connectivity index (χ0) is 36.2. The largest absolute Gasteiger partial charge is 0.619 e. The van der Waals surface area contributed by atoms with E-state index in [0.29, 0.717) is 45.0 Å². The van der Waals surface area contributed by atoms with Crippen molar-refractivity contribution in [1.29, 1.82) is 0 Å². The highest BCUT2D eigenvalue weighted by molar-refractivity contribution is 6.35. The molecule has 0 radical (unpaired) electrons. The summed E-state index contributed by atoms with van der Waals surface area (Å²) in [5.74, 6) is -2.58. The van der Waals surface area contributed by atoms with E-state index in [1.165, 1.54) is 31.3 Å². The number of anilines is 1. The Labute approximate surface area is 305 Å². The number of carbonyl (C=O) groups excluding carboxylic acids is 1. The van der Waals surface area contributed by atoms with Crippen molar-refractivity contribution in [3.8, 4) is 11.5 Å². The zero-order valence-corrected chi connectivity index (χ0v) is 29.6. The molecule has 3 atom stereocenters. The molecule has 1 amide bonds. The van der Waals surface area contributed by atoms with Crippen molar-refractivity contribution in [3.63, 3.8) is 0 Å². The van der Waals surface area contributed by atoms with E-state index in [0.717, 1.165) is 38.3 Å². The highest BCUT2D eigenvalue weighted by Crippen LogP contribution is 2.42. The maximum Gasteiger partial charge on any atom is 0.415 e. The highest BCUT2D eigenvalue weighted by Gasteiger charge is 2.38. The Kier molecular flexibility index (Phi) is 11.2. The number of methoxy groups -OCH3 is 2. The van der Waals surface area contributed by atoms with Crippen molar-refractivity contribution in [2.45, 2.75) is 43.7 Å². The number of hydrogen-bond acceptors (Lipinski definition) is 7. The number of para-hydroxylation sites is 1. The summed E-state index contributed by atoms with van der Waals surface area (Å²) in [6, 6.07) is 18.0. The lowest BCUT2D eigenvalue weighted by atomic mass is 9.77. The van der Waals surface area contributed by atoms with Crippen molar-refractivity contribution < 1.29 is 38.0 Å². The van der Waals surface area contributed by atoms with Crippen LogP contribution in [0.25, 0.3) is 0 Å². The van der Waals surface area contributed by atoms with Gasteiger partial charge in [-0.3, -0.25) is 14.6 Å². The van der Waals surface area contributed by atoms with Crippen LogP contribution in [0.5, 0.6) is 11.5 Å². The van der Waals surface area contributed by atoms with Crippen molar-refractivity contribution in [2.75, 3.05) is 38.8 Å². The highest BCUT2D eigenvalue weighted by atomic mass is 35.5. The number of ether oxygens (including phenoxy) is 3. The molecule has 3 aliphatic rings. The number of nitrogens with zero attached hydrogens (tertiary/aromatic N) is 3. The number of carboxylic acid groups (broad SMARTS) is 1. The fourth-order valence-corrected chi connectivity index (χ4v) is 7.83. The molecular weight excluding hydrogens is 700 g/mol. The number of halogens is 3. The number of carboxylic acids is 1. The van der Waals surface area contributed by atoms with Crippen LogP contribution < -0.4 is 19.1 Å². The van der Waals surface area contributed by atoms with Crippen molar-refractivity contribution >= 4 is 41.0 Å². The van der Waals surface area contributed by atoms with E-state index in [4.69, 9.17) is 37.4 Å². The third-order valence-corrected chi connectivity index (χ3v) is 10.5. The number of aliphatic carboxylic acids is 1. The monoisotopic (exact) mass is 737 g/mol. The Balaban J connectivity index is 1.37.